The maximum Gasteiger partial charge on any atom is 0.282 e. The van der Waals surface area contributed by atoms with Crippen molar-refractivity contribution in [3.63, 3.8) is 0 Å². The van der Waals surface area contributed by atoms with Crippen molar-refractivity contribution in [2.75, 3.05) is 5.01 Å². The predicted octanol–water partition coefficient (Wildman–Crippen LogP) is 0.621. The third-order valence-corrected chi connectivity index (χ3v) is 1.96. The molecule has 1 aromatic rings. The summed E-state index contributed by atoms with van der Waals surface area (Å²) in [5.41, 5.74) is 3.01. The van der Waals surface area contributed by atoms with E-state index >= 15 is 0 Å². The van der Waals surface area contributed by atoms with E-state index in [2.05, 4.69) is 12.0 Å². The van der Waals surface area contributed by atoms with Gasteiger partial charge in [-0.15, -0.1) is 0 Å². The summed E-state index contributed by atoms with van der Waals surface area (Å²) in [6.07, 6.45) is 0. The third kappa shape index (κ3) is 1.17. The lowest BCUT2D eigenvalue weighted by Gasteiger charge is -2.13. The molecule has 1 fully saturated rings. The minimum Gasteiger partial charge on any atom is -0.267 e. The van der Waals surface area contributed by atoms with Crippen LogP contribution in [0.1, 0.15) is 0 Å². The molecular weight excluding hydrogens is 180 g/mol. The first-order valence-corrected chi connectivity index (χ1v) is 4.09. The van der Waals surface area contributed by atoms with E-state index in [1.165, 1.54) is 5.01 Å². The van der Waals surface area contributed by atoms with Gasteiger partial charge in [0.2, 0.25) is 0 Å². The number of nitrogens with one attached hydrogen (secondary N) is 1. The van der Waals surface area contributed by atoms with Crippen molar-refractivity contribution in [1.82, 2.24) is 5.43 Å². The van der Waals surface area contributed by atoms with Gasteiger partial charge in [0.15, 0.2) is 0 Å². The second-order valence-corrected chi connectivity index (χ2v) is 2.90. The van der Waals surface area contributed by atoms with E-state index in [4.69, 9.17) is 0 Å². The highest BCUT2D eigenvalue weighted by molar-refractivity contribution is 6.28. The smallest absolute Gasteiger partial charge is 0.267 e. The topological polar surface area (TPSA) is 49.4 Å². The van der Waals surface area contributed by atoms with Crippen molar-refractivity contribution in [2.45, 2.75) is 0 Å². The number of amides is 2. The molecule has 1 aromatic carbocycles. The molecule has 0 saturated carbocycles. The second kappa shape index (κ2) is 2.99. The van der Waals surface area contributed by atoms with E-state index in [0.717, 1.165) is 0 Å². The lowest BCUT2D eigenvalue weighted by molar-refractivity contribution is -0.117. The second-order valence-electron chi connectivity index (χ2n) is 2.90. The summed E-state index contributed by atoms with van der Waals surface area (Å²) in [7, 11) is 0. The number of anilines is 1. The molecule has 1 N–H and O–H groups in total. The normalized spacial score (nSPS) is 16.0. The fourth-order valence-electron chi connectivity index (χ4n) is 1.21. The quantitative estimate of drug-likeness (QED) is 0.518. The van der Waals surface area contributed by atoms with Gasteiger partial charge in [0.05, 0.1) is 5.69 Å². The molecule has 4 nitrogen and oxygen atoms in total. The van der Waals surface area contributed by atoms with E-state index in [9.17, 15) is 9.59 Å². The Morgan fingerprint density at radius 2 is 1.79 bits per heavy atom. The van der Waals surface area contributed by atoms with E-state index < -0.39 is 11.8 Å². The molecule has 0 spiro atoms. The molecule has 1 aliphatic rings. The maximum absolute atomic E-state index is 11.5. The Hall–Kier alpha value is -2.10. The highest BCUT2D eigenvalue weighted by Crippen LogP contribution is 2.17. The summed E-state index contributed by atoms with van der Waals surface area (Å²) in [5, 5.41) is 1.19. The molecule has 14 heavy (non-hydrogen) atoms. The zero-order valence-electron chi connectivity index (χ0n) is 7.36. The molecule has 4 heteroatoms. The summed E-state index contributed by atoms with van der Waals surface area (Å²) in [5.74, 6) is -0.847. The summed E-state index contributed by atoms with van der Waals surface area (Å²) >= 11 is 0. The number of carbonyl (C=O) groups excluding carboxylic acids is 2. The van der Waals surface area contributed by atoms with Crippen molar-refractivity contribution < 1.29 is 9.59 Å². The van der Waals surface area contributed by atoms with Crippen LogP contribution in [0.25, 0.3) is 0 Å². The van der Waals surface area contributed by atoms with E-state index in [0.29, 0.717) is 5.69 Å². The van der Waals surface area contributed by atoms with Gasteiger partial charge in [-0.2, -0.15) is 0 Å². The van der Waals surface area contributed by atoms with Gasteiger partial charge in [-0.25, -0.2) is 5.01 Å². The lowest BCUT2D eigenvalue weighted by Crippen LogP contribution is -2.35. The number of nitrogens with zero attached hydrogens (tertiary/aromatic N) is 1. The van der Waals surface area contributed by atoms with Gasteiger partial charge in [0, 0.05) is 0 Å². The van der Waals surface area contributed by atoms with E-state index in [1.807, 2.05) is 6.07 Å². The van der Waals surface area contributed by atoms with Crippen LogP contribution in [-0.4, -0.2) is 11.8 Å². The number of hydrogen-bond acceptors (Lipinski definition) is 2. The van der Waals surface area contributed by atoms with Crippen LogP contribution in [-0.2, 0) is 9.59 Å². The van der Waals surface area contributed by atoms with Gasteiger partial charge < -0.3 is 0 Å². The molecule has 2 amide bonds. The van der Waals surface area contributed by atoms with Crippen molar-refractivity contribution in [2.24, 2.45) is 0 Å². The van der Waals surface area contributed by atoms with Crippen LogP contribution in [0.3, 0.4) is 0 Å². The lowest BCUT2D eigenvalue weighted by atomic mass is 10.3. The van der Waals surface area contributed by atoms with Crippen molar-refractivity contribution in [3.05, 3.63) is 42.5 Å². The molecule has 0 aliphatic carbocycles. The third-order valence-electron chi connectivity index (χ3n) is 1.96. The van der Waals surface area contributed by atoms with Crippen LogP contribution in [0.2, 0.25) is 0 Å². The molecule has 1 saturated heterocycles. The molecule has 1 aliphatic heterocycles. The Kier molecular flexibility index (Phi) is 1.81. The highest BCUT2D eigenvalue weighted by atomic mass is 16.2. The standard InChI is InChI=1S/C10H8N2O2/c1-7-9(13)11-12(10(7)14)8-5-3-2-4-6-8/h2-6H,1H2,(H,11,13). The first-order chi connectivity index (χ1) is 6.70. The maximum atomic E-state index is 11.5. The monoisotopic (exact) mass is 188 g/mol. The highest BCUT2D eigenvalue weighted by Gasteiger charge is 2.32. The largest absolute Gasteiger partial charge is 0.282 e. The van der Waals surface area contributed by atoms with Crippen molar-refractivity contribution in [3.8, 4) is 0 Å². The van der Waals surface area contributed by atoms with Gasteiger partial charge in [0.1, 0.15) is 5.57 Å². The Morgan fingerprint density at radius 3 is 2.29 bits per heavy atom. The number of benzene rings is 1. The van der Waals surface area contributed by atoms with Crippen LogP contribution >= 0.6 is 0 Å². The molecule has 0 radical (unpaired) electrons. The fraction of sp³-hybridized carbons (Fsp3) is 0. The molecule has 0 atom stereocenters. The van der Waals surface area contributed by atoms with E-state index in [-0.39, 0.29) is 5.57 Å². The number of para-hydroxylation sites is 1. The Labute approximate surface area is 80.8 Å². The zero-order chi connectivity index (χ0) is 10.1. The minimum absolute atomic E-state index is 0.0335. The van der Waals surface area contributed by atoms with Crippen LogP contribution in [0.5, 0.6) is 0 Å². The molecule has 2 rings (SSSR count). The first-order valence-electron chi connectivity index (χ1n) is 4.09. The predicted molar refractivity (Wildman–Crippen MR) is 51.2 cm³/mol. The fourth-order valence-corrected chi connectivity index (χ4v) is 1.21. The van der Waals surface area contributed by atoms with Crippen molar-refractivity contribution in [1.29, 1.82) is 0 Å². The van der Waals surface area contributed by atoms with Crippen LogP contribution < -0.4 is 10.4 Å². The van der Waals surface area contributed by atoms with Crippen LogP contribution in [0.4, 0.5) is 5.69 Å². The van der Waals surface area contributed by atoms with Crippen molar-refractivity contribution >= 4 is 17.5 Å². The van der Waals surface area contributed by atoms with Gasteiger partial charge in [0.25, 0.3) is 11.8 Å². The Balaban J connectivity index is 2.35. The van der Waals surface area contributed by atoms with Gasteiger partial charge >= 0.3 is 0 Å². The van der Waals surface area contributed by atoms with Crippen LogP contribution in [0, 0.1) is 0 Å². The van der Waals surface area contributed by atoms with Crippen LogP contribution in [0.15, 0.2) is 42.5 Å². The van der Waals surface area contributed by atoms with E-state index in [1.54, 1.807) is 24.3 Å². The molecule has 70 valence electrons. The molecule has 0 unspecified atom stereocenters. The minimum atomic E-state index is -0.446. The van der Waals surface area contributed by atoms with Gasteiger partial charge in [-0.05, 0) is 12.1 Å². The molecule has 0 aromatic heterocycles. The van der Waals surface area contributed by atoms with Gasteiger partial charge in [-0.1, -0.05) is 24.8 Å². The average Bonchev–Trinajstić information content (AvgIpc) is 2.47. The number of hydrogen-bond donors (Lipinski definition) is 1. The Morgan fingerprint density at radius 1 is 1.14 bits per heavy atom. The molecule has 1 heterocycles. The molecular formula is C10H8N2O2. The number of hydrazine groups is 1. The summed E-state index contributed by atoms with van der Waals surface area (Å²) in [6, 6.07) is 8.87. The molecule has 0 bridgehead atoms. The summed E-state index contributed by atoms with van der Waals surface area (Å²) in [6.45, 7) is 3.39. The number of carbonyl (C=O) groups is 2. The summed E-state index contributed by atoms with van der Waals surface area (Å²) in [4.78, 5) is 22.6. The van der Waals surface area contributed by atoms with Gasteiger partial charge in [-0.3, -0.25) is 15.0 Å². The summed E-state index contributed by atoms with van der Waals surface area (Å²) < 4.78 is 0. The number of rotatable bonds is 1. The average molecular weight is 188 g/mol. The zero-order valence-corrected chi connectivity index (χ0v) is 7.36. The SMILES string of the molecule is C=C1C(=O)NN(c2ccccc2)C1=O. The Bertz CT molecular complexity index is 411. The first kappa shape index (κ1) is 8.50.